The zero-order valence-corrected chi connectivity index (χ0v) is 33.4. The van der Waals surface area contributed by atoms with Crippen LogP contribution in [0.3, 0.4) is 0 Å². The molecule has 0 saturated heterocycles. The third-order valence-corrected chi connectivity index (χ3v) is 12.8. The second-order valence-electron chi connectivity index (χ2n) is 16.5. The van der Waals surface area contributed by atoms with Gasteiger partial charge < -0.3 is 14.5 Å². The average molecular weight is 769 g/mol. The summed E-state index contributed by atoms with van der Waals surface area (Å²) in [7, 11) is 0. The lowest BCUT2D eigenvalue weighted by Gasteiger charge is -2.46. The number of fused-ring (bicyclic) bond motifs is 9. The number of hydrogen-bond acceptors (Lipinski definition) is 3. The van der Waals surface area contributed by atoms with Gasteiger partial charge in [-0.2, -0.15) is 0 Å². The van der Waals surface area contributed by atoms with Gasteiger partial charge in [0, 0.05) is 27.6 Å². The van der Waals surface area contributed by atoms with Gasteiger partial charge in [0.1, 0.15) is 0 Å². The summed E-state index contributed by atoms with van der Waals surface area (Å²) in [6, 6.07) is 74.9. The standard InChI is InChI=1S/C57H40N2O/c1-57(2)49-23-13-25-52-56(49)59(55-46-19-9-6-16-39(46)30-35-53(55)60-52)50-24-12-22-45(54(50)57)40-28-33-43(34-29-40)58(42-31-26-38(27-32-42)37-14-4-3-5-15-37)51-36-41-17-7-8-18-44(41)47-20-10-11-21-48(47)51/h3-36H,1-2H3. The Balaban J connectivity index is 1.03. The van der Waals surface area contributed by atoms with Crippen molar-refractivity contribution in [1.29, 1.82) is 0 Å². The molecule has 3 nitrogen and oxygen atoms in total. The van der Waals surface area contributed by atoms with E-state index in [0.717, 1.165) is 39.9 Å². The van der Waals surface area contributed by atoms with Crippen LogP contribution in [-0.2, 0) is 5.41 Å². The lowest BCUT2D eigenvalue weighted by molar-refractivity contribution is 0.472. The number of anilines is 6. The summed E-state index contributed by atoms with van der Waals surface area (Å²) < 4.78 is 6.70. The van der Waals surface area contributed by atoms with Gasteiger partial charge in [-0.25, -0.2) is 0 Å². The molecule has 0 amide bonds. The van der Waals surface area contributed by atoms with E-state index in [1.165, 1.54) is 71.4 Å². The Hall–Kier alpha value is -7.62. The Morgan fingerprint density at radius 3 is 1.80 bits per heavy atom. The molecule has 0 saturated carbocycles. The van der Waals surface area contributed by atoms with Gasteiger partial charge in [-0.05, 0) is 103 Å². The molecule has 0 aliphatic carbocycles. The minimum atomic E-state index is -0.311. The number of ether oxygens (including phenoxy) is 1. The van der Waals surface area contributed by atoms with Crippen LogP contribution in [0.25, 0.3) is 54.6 Å². The molecule has 0 N–H and O–H groups in total. The predicted molar refractivity (Wildman–Crippen MR) is 251 cm³/mol. The van der Waals surface area contributed by atoms with Crippen LogP contribution in [-0.4, -0.2) is 0 Å². The first-order valence-electron chi connectivity index (χ1n) is 20.8. The maximum absolute atomic E-state index is 6.70. The van der Waals surface area contributed by atoms with Crippen molar-refractivity contribution in [3.63, 3.8) is 0 Å². The fraction of sp³-hybridized carbons (Fsp3) is 0.0526. The molecular weight excluding hydrogens is 729 g/mol. The van der Waals surface area contributed by atoms with Gasteiger partial charge in [0.05, 0.1) is 22.7 Å². The highest BCUT2D eigenvalue weighted by Gasteiger charge is 2.43. The van der Waals surface area contributed by atoms with Gasteiger partial charge in [-0.3, -0.25) is 0 Å². The van der Waals surface area contributed by atoms with E-state index in [1.807, 2.05) is 0 Å². The molecule has 10 aromatic rings. The van der Waals surface area contributed by atoms with Gasteiger partial charge in [0.15, 0.2) is 11.5 Å². The maximum Gasteiger partial charge on any atom is 0.152 e. The highest BCUT2D eigenvalue weighted by Crippen LogP contribution is 2.62. The highest BCUT2D eigenvalue weighted by atomic mass is 16.5. The molecule has 60 heavy (non-hydrogen) atoms. The van der Waals surface area contributed by atoms with E-state index in [4.69, 9.17) is 4.74 Å². The molecule has 0 fully saturated rings. The molecule has 12 rings (SSSR count). The number of hydrogen-bond donors (Lipinski definition) is 0. The van der Waals surface area contributed by atoms with Crippen LogP contribution in [0.1, 0.15) is 25.0 Å². The summed E-state index contributed by atoms with van der Waals surface area (Å²) in [5.74, 6) is 1.76. The van der Waals surface area contributed by atoms with Crippen molar-refractivity contribution in [2.75, 3.05) is 9.80 Å². The fourth-order valence-corrected chi connectivity index (χ4v) is 9.99. The van der Waals surface area contributed by atoms with E-state index in [-0.39, 0.29) is 5.41 Å². The molecule has 2 heterocycles. The third kappa shape index (κ3) is 5.15. The van der Waals surface area contributed by atoms with Crippen LogP contribution in [0.15, 0.2) is 206 Å². The van der Waals surface area contributed by atoms with Crippen LogP contribution in [0.2, 0.25) is 0 Å². The summed E-state index contributed by atoms with van der Waals surface area (Å²) in [5, 5.41) is 7.29. The summed E-state index contributed by atoms with van der Waals surface area (Å²) in [6.45, 7) is 4.72. The van der Waals surface area contributed by atoms with Crippen LogP contribution in [0, 0.1) is 0 Å². The zero-order valence-electron chi connectivity index (χ0n) is 33.4. The van der Waals surface area contributed by atoms with Crippen LogP contribution in [0.5, 0.6) is 11.5 Å². The van der Waals surface area contributed by atoms with E-state index in [2.05, 4.69) is 230 Å². The van der Waals surface area contributed by atoms with E-state index in [9.17, 15) is 0 Å². The molecule has 284 valence electrons. The van der Waals surface area contributed by atoms with Crippen LogP contribution in [0.4, 0.5) is 34.1 Å². The van der Waals surface area contributed by atoms with Gasteiger partial charge >= 0.3 is 0 Å². The molecule has 0 bridgehead atoms. The number of para-hydroxylation sites is 1. The van der Waals surface area contributed by atoms with Crippen LogP contribution < -0.4 is 14.5 Å². The van der Waals surface area contributed by atoms with Gasteiger partial charge in [0.2, 0.25) is 0 Å². The second-order valence-corrected chi connectivity index (χ2v) is 16.5. The van der Waals surface area contributed by atoms with E-state index < -0.39 is 0 Å². The topological polar surface area (TPSA) is 15.7 Å². The van der Waals surface area contributed by atoms with E-state index in [0.29, 0.717) is 0 Å². The average Bonchev–Trinajstić information content (AvgIpc) is 3.31. The first kappa shape index (κ1) is 34.4. The summed E-state index contributed by atoms with van der Waals surface area (Å²) in [4.78, 5) is 4.89. The number of nitrogens with zero attached hydrogens (tertiary/aromatic N) is 2. The third-order valence-electron chi connectivity index (χ3n) is 12.8. The second kappa shape index (κ2) is 13.2. The highest BCUT2D eigenvalue weighted by molar-refractivity contribution is 6.14. The minimum absolute atomic E-state index is 0.311. The lowest BCUT2D eigenvalue weighted by Crippen LogP contribution is -2.33. The Morgan fingerprint density at radius 2 is 1.03 bits per heavy atom. The smallest absolute Gasteiger partial charge is 0.152 e. The van der Waals surface area contributed by atoms with Crippen molar-refractivity contribution in [3.8, 4) is 33.8 Å². The molecule has 0 unspecified atom stereocenters. The number of benzene rings is 10. The van der Waals surface area contributed by atoms with Crippen molar-refractivity contribution < 1.29 is 4.74 Å². The van der Waals surface area contributed by atoms with Crippen molar-refractivity contribution in [3.05, 3.63) is 217 Å². The summed E-state index contributed by atoms with van der Waals surface area (Å²) in [6.07, 6.45) is 0. The summed E-state index contributed by atoms with van der Waals surface area (Å²) >= 11 is 0. The lowest BCUT2D eigenvalue weighted by atomic mass is 9.70. The molecule has 2 aliphatic rings. The molecule has 0 aromatic heterocycles. The first-order chi connectivity index (χ1) is 29.5. The predicted octanol–water partition coefficient (Wildman–Crippen LogP) is 16.2. The SMILES string of the molecule is CC1(C)c2cccc3c2N(c2cccc(-c4ccc(N(c5ccc(-c6ccccc6)cc5)c5cc6ccccc6c6ccccc56)cc4)c21)c1c(ccc2ccccc12)O3. The molecule has 0 radical (unpaired) electrons. The van der Waals surface area contributed by atoms with Gasteiger partial charge in [-0.1, -0.05) is 172 Å². The monoisotopic (exact) mass is 768 g/mol. The summed E-state index contributed by atoms with van der Waals surface area (Å²) in [5.41, 5.74) is 13.8. The normalized spacial score (nSPS) is 13.4. The van der Waals surface area contributed by atoms with Crippen molar-refractivity contribution in [1.82, 2.24) is 0 Å². The van der Waals surface area contributed by atoms with Gasteiger partial charge in [0.25, 0.3) is 0 Å². The Labute approximate surface area is 350 Å². The quantitative estimate of drug-likeness (QED) is 0.162. The fourth-order valence-electron chi connectivity index (χ4n) is 9.99. The minimum Gasteiger partial charge on any atom is -0.453 e. The van der Waals surface area contributed by atoms with Crippen molar-refractivity contribution in [2.45, 2.75) is 19.3 Å². The molecule has 10 aromatic carbocycles. The van der Waals surface area contributed by atoms with Crippen LogP contribution >= 0.6 is 0 Å². The Bertz CT molecular complexity index is 3310. The molecular formula is C57H40N2O. The Kier molecular flexibility index (Phi) is 7.58. The van der Waals surface area contributed by atoms with Gasteiger partial charge in [-0.15, -0.1) is 0 Å². The molecule has 0 spiro atoms. The first-order valence-corrected chi connectivity index (χ1v) is 20.8. The molecule has 0 atom stereocenters. The maximum atomic E-state index is 6.70. The van der Waals surface area contributed by atoms with Crippen molar-refractivity contribution in [2.24, 2.45) is 0 Å². The van der Waals surface area contributed by atoms with E-state index >= 15 is 0 Å². The van der Waals surface area contributed by atoms with Crippen molar-refractivity contribution >= 4 is 66.4 Å². The number of rotatable bonds is 5. The molecule has 3 heteroatoms. The largest absolute Gasteiger partial charge is 0.453 e. The Morgan fingerprint density at radius 1 is 0.433 bits per heavy atom. The zero-order chi connectivity index (χ0) is 40.0. The van der Waals surface area contributed by atoms with E-state index in [1.54, 1.807) is 0 Å². The molecule has 2 aliphatic heterocycles.